The quantitative estimate of drug-likeness (QED) is 0.700. The van der Waals surface area contributed by atoms with Crippen molar-refractivity contribution in [3.8, 4) is 22.5 Å². The number of likely N-dealkylation sites (N-methyl/N-ethyl adjacent to an activating group) is 1. The van der Waals surface area contributed by atoms with Crippen molar-refractivity contribution in [1.29, 1.82) is 0 Å². The second-order valence-corrected chi connectivity index (χ2v) is 7.92. The molecule has 0 bridgehead atoms. The Kier molecular flexibility index (Phi) is 5.92. The molecule has 1 aliphatic rings. The normalized spacial score (nSPS) is 17.2. The molecule has 0 spiro atoms. The number of benzene rings is 1. The third-order valence-corrected chi connectivity index (χ3v) is 5.46. The second-order valence-electron chi connectivity index (χ2n) is 7.48. The fourth-order valence-corrected chi connectivity index (χ4v) is 3.97. The molecule has 1 aliphatic heterocycles. The highest BCUT2D eigenvalue weighted by Gasteiger charge is 2.21. The van der Waals surface area contributed by atoms with E-state index in [-0.39, 0.29) is 18.5 Å². The third kappa shape index (κ3) is 4.66. The molecule has 1 fully saturated rings. The number of hydrogen-bond donors (Lipinski definition) is 1. The average Bonchev–Trinajstić information content (AvgIpc) is 3.12. The maximum atomic E-state index is 12.8. The first-order valence-electron chi connectivity index (χ1n) is 9.79. The fourth-order valence-electron chi connectivity index (χ4n) is 3.85. The predicted octanol–water partition coefficient (Wildman–Crippen LogP) is 3.48. The van der Waals surface area contributed by atoms with E-state index in [1.54, 1.807) is 18.7 Å². The van der Waals surface area contributed by atoms with Crippen molar-refractivity contribution in [3.63, 3.8) is 0 Å². The van der Waals surface area contributed by atoms with Gasteiger partial charge >= 0.3 is 0 Å². The van der Waals surface area contributed by atoms with Gasteiger partial charge in [-0.2, -0.15) is 0 Å². The molecule has 1 saturated heterocycles. The van der Waals surface area contributed by atoms with Gasteiger partial charge in [-0.05, 0) is 50.7 Å². The summed E-state index contributed by atoms with van der Waals surface area (Å²) >= 11 is 6.04. The van der Waals surface area contributed by atoms with Crippen molar-refractivity contribution in [3.05, 3.63) is 60.1 Å². The summed E-state index contributed by atoms with van der Waals surface area (Å²) in [6.07, 6.45) is 7.35. The molecule has 4 rings (SSSR count). The maximum Gasteiger partial charge on any atom is 0.240 e. The first-order chi connectivity index (χ1) is 14.1. The molecule has 6 nitrogen and oxygen atoms in total. The van der Waals surface area contributed by atoms with Gasteiger partial charge in [0.2, 0.25) is 5.91 Å². The molecule has 1 amide bonds. The zero-order chi connectivity index (χ0) is 20.2. The van der Waals surface area contributed by atoms with Crippen LogP contribution in [0.25, 0.3) is 22.5 Å². The number of halogens is 1. The Hall–Kier alpha value is -2.70. The molecule has 3 heterocycles. The zero-order valence-corrected chi connectivity index (χ0v) is 17.1. The van der Waals surface area contributed by atoms with Gasteiger partial charge in [0.15, 0.2) is 0 Å². The van der Waals surface area contributed by atoms with Gasteiger partial charge in [0.05, 0.1) is 17.7 Å². The Balaban J connectivity index is 1.61. The number of hydrogen-bond acceptors (Lipinski definition) is 4. The van der Waals surface area contributed by atoms with Gasteiger partial charge < -0.3 is 14.8 Å². The first-order valence-corrected chi connectivity index (χ1v) is 10.2. The number of likely N-dealkylation sites (tertiary alicyclic amines) is 1. The van der Waals surface area contributed by atoms with Crippen LogP contribution >= 0.6 is 11.6 Å². The number of carbonyl (C=O) groups excluding carboxylic acids is 1. The van der Waals surface area contributed by atoms with Crippen molar-refractivity contribution in [1.82, 2.24) is 24.8 Å². The minimum atomic E-state index is 0.000613. The monoisotopic (exact) mass is 409 g/mol. The summed E-state index contributed by atoms with van der Waals surface area (Å²) in [6.45, 7) is 2.20. The Bertz CT molecular complexity index is 971. The lowest BCUT2D eigenvalue weighted by Crippen LogP contribution is -2.47. The van der Waals surface area contributed by atoms with Crippen LogP contribution in [0.5, 0.6) is 0 Å². The number of aromatic nitrogens is 3. The van der Waals surface area contributed by atoms with Crippen molar-refractivity contribution in [2.75, 3.05) is 20.1 Å². The van der Waals surface area contributed by atoms with Gasteiger partial charge in [0.25, 0.3) is 0 Å². The topological polar surface area (TPSA) is 63.1 Å². The number of imidazole rings is 1. The number of amides is 1. The van der Waals surface area contributed by atoms with Gasteiger partial charge in [0, 0.05) is 41.1 Å². The molecular weight excluding hydrogens is 386 g/mol. The molecule has 29 heavy (non-hydrogen) atoms. The summed E-state index contributed by atoms with van der Waals surface area (Å²) in [4.78, 5) is 23.7. The van der Waals surface area contributed by atoms with Gasteiger partial charge in [-0.15, -0.1) is 0 Å². The number of rotatable bonds is 5. The Morgan fingerprint density at radius 1 is 1.17 bits per heavy atom. The molecule has 2 aromatic heterocycles. The van der Waals surface area contributed by atoms with E-state index in [0.717, 1.165) is 48.4 Å². The standard InChI is InChI=1S/C22H24ClN5O/c1-27-12-2-3-19(13-27)26-20(29)14-28-15-25-21(16-4-6-18(23)7-5-16)22(28)17-8-10-24-11-9-17/h4-11,15,19H,2-3,12-14H2,1H3,(H,26,29). The summed E-state index contributed by atoms with van der Waals surface area (Å²) < 4.78 is 1.90. The Labute approximate surface area is 175 Å². The Morgan fingerprint density at radius 2 is 1.93 bits per heavy atom. The third-order valence-electron chi connectivity index (χ3n) is 5.21. The molecule has 150 valence electrons. The summed E-state index contributed by atoms with van der Waals surface area (Å²) in [7, 11) is 2.09. The van der Waals surface area contributed by atoms with E-state index in [1.165, 1.54) is 0 Å². The van der Waals surface area contributed by atoms with Crippen LogP contribution in [0.1, 0.15) is 12.8 Å². The van der Waals surface area contributed by atoms with Gasteiger partial charge in [0.1, 0.15) is 6.54 Å². The van der Waals surface area contributed by atoms with Crippen LogP contribution in [-0.4, -0.2) is 51.5 Å². The lowest BCUT2D eigenvalue weighted by atomic mass is 10.1. The highest BCUT2D eigenvalue weighted by molar-refractivity contribution is 6.30. The van der Waals surface area contributed by atoms with Crippen LogP contribution in [-0.2, 0) is 11.3 Å². The number of nitrogens with one attached hydrogen (secondary N) is 1. The van der Waals surface area contributed by atoms with Crippen LogP contribution in [0.15, 0.2) is 55.1 Å². The van der Waals surface area contributed by atoms with Crippen LogP contribution in [0.2, 0.25) is 5.02 Å². The molecule has 3 aromatic rings. The summed E-state index contributed by atoms with van der Waals surface area (Å²) in [6, 6.07) is 11.6. The van der Waals surface area contributed by atoms with Crippen molar-refractivity contribution >= 4 is 17.5 Å². The summed E-state index contributed by atoms with van der Waals surface area (Å²) in [5.41, 5.74) is 3.63. The van der Waals surface area contributed by atoms with Crippen molar-refractivity contribution in [2.45, 2.75) is 25.4 Å². The highest BCUT2D eigenvalue weighted by atomic mass is 35.5. The SMILES string of the molecule is CN1CCCC(NC(=O)Cn2cnc(-c3ccc(Cl)cc3)c2-c2ccncc2)C1. The molecule has 1 N–H and O–H groups in total. The lowest BCUT2D eigenvalue weighted by molar-refractivity contribution is -0.122. The van der Waals surface area contributed by atoms with Crippen LogP contribution in [0, 0.1) is 0 Å². The van der Waals surface area contributed by atoms with E-state index in [0.29, 0.717) is 5.02 Å². The smallest absolute Gasteiger partial charge is 0.240 e. The second kappa shape index (κ2) is 8.76. The number of pyridine rings is 1. The maximum absolute atomic E-state index is 12.8. The number of piperidine rings is 1. The van der Waals surface area contributed by atoms with Crippen LogP contribution in [0.4, 0.5) is 0 Å². The largest absolute Gasteiger partial charge is 0.351 e. The molecule has 0 radical (unpaired) electrons. The van der Waals surface area contributed by atoms with Gasteiger partial charge in [-0.25, -0.2) is 4.98 Å². The highest BCUT2D eigenvalue weighted by Crippen LogP contribution is 2.31. The molecule has 0 aliphatic carbocycles. The number of carbonyl (C=O) groups is 1. The average molecular weight is 410 g/mol. The molecule has 7 heteroatoms. The molecule has 1 aromatic carbocycles. The lowest BCUT2D eigenvalue weighted by Gasteiger charge is -2.30. The fraction of sp³-hybridized carbons (Fsp3) is 0.318. The molecule has 1 unspecified atom stereocenters. The molecular formula is C22H24ClN5O. The van der Waals surface area contributed by atoms with Gasteiger partial charge in [-0.1, -0.05) is 23.7 Å². The van der Waals surface area contributed by atoms with Crippen molar-refractivity contribution < 1.29 is 4.79 Å². The zero-order valence-electron chi connectivity index (χ0n) is 16.4. The van der Waals surface area contributed by atoms with Gasteiger partial charge in [-0.3, -0.25) is 9.78 Å². The van der Waals surface area contributed by atoms with E-state index >= 15 is 0 Å². The Morgan fingerprint density at radius 3 is 2.66 bits per heavy atom. The number of nitrogens with zero attached hydrogens (tertiary/aromatic N) is 4. The molecule has 0 saturated carbocycles. The van der Waals surface area contributed by atoms with Crippen LogP contribution in [0.3, 0.4) is 0 Å². The van der Waals surface area contributed by atoms with Crippen molar-refractivity contribution in [2.24, 2.45) is 0 Å². The van der Waals surface area contributed by atoms with E-state index < -0.39 is 0 Å². The van der Waals surface area contributed by atoms with E-state index in [9.17, 15) is 4.79 Å². The molecule has 1 atom stereocenters. The van der Waals surface area contributed by atoms with E-state index in [4.69, 9.17) is 11.6 Å². The predicted molar refractivity (Wildman–Crippen MR) is 115 cm³/mol. The summed E-state index contributed by atoms with van der Waals surface area (Å²) in [5, 5.41) is 3.85. The van der Waals surface area contributed by atoms with E-state index in [1.807, 2.05) is 41.0 Å². The minimum Gasteiger partial charge on any atom is -0.351 e. The summed E-state index contributed by atoms with van der Waals surface area (Å²) in [5.74, 6) is 0.000613. The minimum absolute atomic E-state index is 0.000613. The van der Waals surface area contributed by atoms with E-state index in [2.05, 4.69) is 27.2 Å². The van der Waals surface area contributed by atoms with Crippen LogP contribution < -0.4 is 5.32 Å². The first kappa shape index (κ1) is 19.6.